The van der Waals surface area contributed by atoms with Gasteiger partial charge in [-0.15, -0.1) is 0 Å². The number of anilines is 1. The summed E-state index contributed by atoms with van der Waals surface area (Å²) in [5.74, 6) is 0.880. The molecule has 1 amide bonds. The summed E-state index contributed by atoms with van der Waals surface area (Å²) in [5.41, 5.74) is 3.79. The van der Waals surface area contributed by atoms with E-state index in [-0.39, 0.29) is 5.91 Å². The molecule has 1 aliphatic rings. The van der Waals surface area contributed by atoms with Crippen LogP contribution in [0.25, 0.3) is 11.0 Å². The number of likely N-dealkylation sites (tertiary alicyclic amines) is 1. The molecule has 0 aliphatic carbocycles. The molecule has 5 nitrogen and oxygen atoms in total. The Bertz CT molecular complexity index is 831. The van der Waals surface area contributed by atoms with E-state index >= 15 is 0 Å². The second kappa shape index (κ2) is 6.35. The van der Waals surface area contributed by atoms with Crippen LogP contribution in [-0.4, -0.2) is 33.9 Å². The second-order valence-corrected chi connectivity index (χ2v) is 6.16. The first-order valence-corrected chi connectivity index (χ1v) is 8.36. The Labute approximate surface area is 140 Å². The summed E-state index contributed by atoms with van der Waals surface area (Å²) in [7, 11) is 0. The van der Waals surface area contributed by atoms with Crippen molar-refractivity contribution in [3.05, 3.63) is 59.7 Å². The van der Waals surface area contributed by atoms with E-state index in [1.807, 2.05) is 53.4 Å². The summed E-state index contributed by atoms with van der Waals surface area (Å²) < 4.78 is 0. The SMILES string of the molecule is O=C(c1cccc(CNc2nc3ccccc3[nH]2)c1)N1CCCC1. The van der Waals surface area contributed by atoms with Crippen LogP contribution in [0, 0.1) is 0 Å². The second-order valence-electron chi connectivity index (χ2n) is 6.16. The van der Waals surface area contributed by atoms with E-state index in [2.05, 4.69) is 15.3 Å². The number of H-pyrrole nitrogens is 1. The van der Waals surface area contributed by atoms with Crippen LogP contribution in [0.4, 0.5) is 5.95 Å². The van der Waals surface area contributed by atoms with E-state index in [4.69, 9.17) is 0 Å². The van der Waals surface area contributed by atoms with Crippen molar-refractivity contribution in [2.75, 3.05) is 18.4 Å². The van der Waals surface area contributed by atoms with E-state index < -0.39 is 0 Å². The number of imidazole rings is 1. The van der Waals surface area contributed by atoms with Gasteiger partial charge in [0.25, 0.3) is 5.91 Å². The Kier molecular flexibility index (Phi) is 3.91. The van der Waals surface area contributed by atoms with E-state index in [1.165, 1.54) is 0 Å². The van der Waals surface area contributed by atoms with E-state index in [9.17, 15) is 4.79 Å². The van der Waals surface area contributed by atoms with Crippen molar-refractivity contribution in [2.24, 2.45) is 0 Å². The van der Waals surface area contributed by atoms with Crippen LogP contribution in [-0.2, 0) is 6.54 Å². The van der Waals surface area contributed by atoms with E-state index in [0.29, 0.717) is 6.54 Å². The van der Waals surface area contributed by atoms with Gasteiger partial charge in [0.2, 0.25) is 5.95 Å². The molecule has 0 saturated carbocycles. The zero-order chi connectivity index (χ0) is 16.4. The van der Waals surface area contributed by atoms with Crippen molar-refractivity contribution in [1.29, 1.82) is 0 Å². The van der Waals surface area contributed by atoms with Gasteiger partial charge >= 0.3 is 0 Å². The number of hydrogen-bond donors (Lipinski definition) is 2. The third-order valence-corrected chi connectivity index (χ3v) is 4.42. The van der Waals surface area contributed by atoms with Crippen molar-refractivity contribution in [3.8, 4) is 0 Å². The maximum absolute atomic E-state index is 12.5. The normalized spacial score (nSPS) is 14.2. The van der Waals surface area contributed by atoms with Gasteiger partial charge in [0.15, 0.2) is 0 Å². The van der Waals surface area contributed by atoms with Gasteiger partial charge in [0, 0.05) is 25.2 Å². The van der Waals surface area contributed by atoms with Gasteiger partial charge in [-0.1, -0.05) is 24.3 Å². The lowest BCUT2D eigenvalue weighted by atomic mass is 10.1. The van der Waals surface area contributed by atoms with Gasteiger partial charge in [-0.3, -0.25) is 4.79 Å². The molecule has 1 fully saturated rings. The highest BCUT2D eigenvalue weighted by Gasteiger charge is 2.19. The Balaban J connectivity index is 1.46. The van der Waals surface area contributed by atoms with Crippen LogP contribution in [0.5, 0.6) is 0 Å². The molecule has 1 aliphatic heterocycles. The number of nitrogens with one attached hydrogen (secondary N) is 2. The van der Waals surface area contributed by atoms with Crippen molar-refractivity contribution in [3.63, 3.8) is 0 Å². The Morgan fingerprint density at radius 3 is 2.79 bits per heavy atom. The fourth-order valence-corrected chi connectivity index (χ4v) is 3.14. The van der Waals surface area contributed by atoms with Crippen LogP contribution in [0.2, 0.25) is 0 Å². The largest absolute Gasteiger partial charge is 0.352 e. The summed E-state index contributed by atoms with van der Waals surface area (Å²) >= 11 is 0. The minimum Gasteiger partial charge on any atom is -0.352 e. The predicted octanol–water partition coefficient (Wildman–Crippen LogP) is 3.41. The molecule has 5 heteroatoms. The summed E-state index contributed by atoms with van der Waals surface area (Å²) in [6, 6.07) is 15.8. The summed E-state index contributed by atoms with van der Waals surface area (Å²) in [4.78, 5) is 22.2. The molecule has 24 heavy (non-hydrogen) atoms. The zero-order valence-electron chi connectivity index (χ0n) is 13.5. The molecular weight excluding hydrogens is 300 g/mol. The molecule has 4 rings (SSSR count). The topological polar surface area (TPSA) is 61.0 Å². The number of nitrogens with zero attached hydrogens (tertiary/aromatic N) is 2. The van der Waals surface area contributed by atoms with Crippen molar-refractivity contribution in [1.82, 2.24) is 14.9 Å². The number of carbonyl (C=O) groups excluding carboxylic acids is 1. The number of rotatable bonds is 4. The smallest absolute Gasteiger partial charge is 0.253 e. The molecule has 0 unspecified atom stereocenters. The highest BCUT2D eigenvalue weighted by molar-refractivity contribution is 5.94. The highest BCUT2D eigenvalue weighted by atomic mass is 16.2. The Morgan fingerprint density at radius 1 is 1.12 bits per heavy atom. The number of aromatic nitrogens is 2. The molecular formula is C19H20N4O. The highest BCUT2D eigenvalue weighted by Crippen LogP contribution is 2.16. The maximum Gasteiger partial charge on any atom is 0.253 e. The molecule has 1 aromatic heterocycles. The van der Waals surface area contributed by atoms with Crippen molar-refractivity contribution < 1.29 is 4.79 Å². The standard InChI is InChI=1S/C19H20N4O/c24-18(23-10-3-4-11-23)15-7-5-6-14(12-15)13-20-19-21-16-8-1-2-9-17(16)22-19/h1-2,5-9,12H,3-4,10-11,13H2,(H2,20,21,22). The van der Waals surface area contributed by atoms with Gasteiger partial charge in [-0.2, -0.15) is 0 Å². The predicted molar refractivity (Wildman–Crippen MR) is 95.0 cm³/mol. The van der Waals surface area contributed by atoms with Gasteiger partial charge in [-0.25, -0.2) is 4.98 Å². The fourth-order valence-electron chi connectivity index (χ4n) is 3.14. The summed E-state index contributed by atoms with van der Waals surface area (Å²) in [6.45, 7) is 2.38. The summed E-state index contributed by atoms with van der Waals surface area (Å²) in [6.07, 6.45) is 2.22. The minimum atomic E-state index is 0.137. The van der Waals surface area contributed by atoms with Gasteiger partial charge in [0.1, 0.15) is 0 Å². The molecule has 0 bridgehead atoms. The lowest BCUT2D eigenvalue weighted by Gasteiger charge is -2.15. The molecule has 3 aromatic rings. The Hall–Kier alpha value is -2.82. The van der Waals surface area contributed by atoms with E-state index in [1.54, 1.807) is 0 Å². The molecule has 0 atom stereocenters. The number of aromatic amines is 1. The molecule has 2 aromatic carbocycles. The van der Waals surface area contributed by atoms with E-state index in [0.717, 1.165) is 54.0 Å². The number of hydrogen-bond acceptors (Lipinski definition) is 3. The van der Waals surface area contributed by atoms with Crippen LogP contribution in [0.1, 0.15) is 28.8 Å². The quantitative estimate of drug-likeness (QED) is 0.774. The number of fused-ring (bicyclic) bond motifs is 1. The Morgan fingerprint density at radius 2 is 1.96 bits per heavy atom. The average Bonchev–Trinajstić information content (AvgIpc) is 3.28. The van der Waals surface area contributed by atoms with Crippen LogP contribution < -0.4 is 5.32 Å². The number of carbonyl (C=O) groups is 1. The monoisotopic (exact) mass is 320 g/mol. The first-order chi connectivity index (χ1) is 11.8. The maximum atomic E-state index is 12.5. The van der Waals surface area contributed by atoms with Crippen LogP contribution >= 0.6 is 0 Å². The lowest BCUT2D eigenvalue weighted by Crippen LogP contribution is -2.27. The first-order valence-electron chi connectivity index (χ1n) is 8.36. The molecule has 1 saturated heterocycles. The molecule has 0 radical (unpaired) electrons. The number of amides is 1. The van der Waals surface area contributed by atoms with Crippen LogP contribution in [0.15, 0.2) is 48.5 Å². The molecule has 2 N–H and O–H groups in total. The number of benzene rings is 2. The van der Waals surface area contributed by atoms with Gasteiger partial charge in [0.05, 0.1) is 11.0 Å². The zero-order valence-corrected chi connectivity index (χ0v) is 13.5. The number of para-hydroxylation sites is 2. The minimum absolute atomic E-state index is 0.137. The summed E-state index contributed by atoms with van der Waals surface area (Å²) in [5, 5.41) is 3.29. The van der Waals surface area contributed by atoms with Crippen molar-refractivity contribution in [2.45, 2.75) is 19.4 Å². The molecule has 0 spiro atoms. The first kappa shape index (κ1) is 14.8. The molecule has 122 valence electrons. The molecule has 2 heterocycles. The van der Waals surface area contributed by atoms with Crippen LogP contribution in [0.3, 0.4) is 0 Å². The lowest BCUT2D eigenvalue weighted by molar-refractivity contribution is 0.0792. The third-order valence-electron chi connectivity index (χ3n) is 4.42. The van der Waals surface area contributed by atoms with Crippen molar-refractivity contribution >= 4 is 22.9 Å². The van der Waals surface area contributed by atoms with Gasteiger partial charge in [-0.05, 0) is 42.7 Å². The fraction of sp³-hybridized carbons (Fsp3) is 0.263. The third kappa shape index (κ3) is 2.97. The average molecular weight is 320 g/mol. The van der Waals surface area contributed by atoms with Gasteiger partial charge < -0.3 is 15.2 Å².